The van der Waals surface area contributed by atoms with Gasteiger partial charge in [-0.2, -0.15) is 4.31 Å². The van der Waals surface area contributed by atoms with Crippen molar-refractivity contribution in [1.29, 1.82) is 0 Å². The van der Waals surface area contributed by atoms with E-state index < -0.39 is 10.0 Å². The molecule has 21 heavy (non-hydrogen) atoms. The van der Waals surface area contributed by atoms with Gasteiger partial charge in [0.1, 0.15) is 0 Å². The van der Waals surface area contributed by atoms with E-state index in [9.17, 15) is 8.42 Å². The molecule has 0 spiro atoms. The maximum atomic E-state index is 12.8. The summed E-state index contributed by atoms with van der Waals surface area (Å²) < 4.78 is 27.3. The first-order valence-electron chi connectivity index (χ1n) is 7.79. The maximum Gasteiger partial charge on any atom is 0.244 e. The Morgan fingerprint density at radius 2 is 2.19 bits per heavy atom. The standard InChI is InChI=1S/C15H26N2O2S2/c1-4-6-13-7-8-17(11-13)21(18,19)15-9-14(10-16-5-2)20-12(15)3/h9,13,16H,4-8,10-11H2,1-3H3. The Morgan fingerprint density at radius 1 is 1.43 bits per heavy atom. The lowest BCUT2D eigenvalue weighted by atomic mass is 10.0. The fourth-order valence-electron chi connectivity index (χ4n) is 2.91. The lowest BCUT2D eigenvalue weighted by Gasteiger charge is -2.16. The molecule has 1 N–H and O–H groups in total. The topological polar surface area (TPSA) is 49.4 Å². The molecule has 0 radical (unpaired) electrons. The third-order valence-corrected chi connectivity index (χ3v) is 7.21. The van der Waals surface area contributed by atoms with Crippen molar-refractivity contribution in [3.63, 3.8) is 0 Å². The highest BCUT2D eigenvalue weighted by atomic mass is 32.2. The zero-order chi connectivity index (χ0) is 15.5. The van der Waals surface area contributed by atoms with E-state index in [4.69, 9.17) is 0 Å². The average molecular weight is 331 g/mol. The van der Waals surface area contributed by atoms with E-state index >= 15 is 0 Å². The van der Waals surface area contributed by atoms with Gasteiger partial charge in [0.15, 0.2) is 0 Å². The fourth-order valence-corrected chi connectivity index (χ4v) is 6.02. The summed E-state index contributed by atoms with van der Waals surface area (Å²) in [5.74, 6) is 0.532. The minimum Gasteiger partial charge on any atom is -0.312 e. The molecule has 2 heterocycles. The molecule has 0 bridgehead atoms. The highest BCUT2D eigenvalue weighted by Crippen LogP contribution is 2.32. The molecule has 1 aliphatic heterocycles. The summed E-state index contributed by atoms with van der Waals surface area (Å²) >= 11 is 1.58. The summed E-state index contributed by atoms with van der Waals surface area (Å²) in [6.07, 6.45) is 3.25. The molecule has 120 valence electrons. The van der Waals surface area contributed by atoms with Gasteiger partial charge < -0.3 is 5.32 Å². The summed E-state index contributed by atoms with van der Waals surface area (Å²) in [5, 5.41) is 3.25. The minimum absolute atomic E-state index is 0.512. The number of hydrogen-bond donors (Lipinski definition) is 1. The van der Waals surface area contributed by atoms with Gasteiger partial charge in [0, 0.05) is 29.4 Å². The quantitative estimate of drug-likeness (QED) is 0.836. The van der Waals surface area contributed by atoms with Crippen LogP contribution in [-0.2, 0) is 16.6 Å². The van der Waals surface area contributed by atoms with Crippen LogP contribution in [0, 0.1) is 12.8 Å². The van der Waals surface area contributed by atoms with Crippen molar-refractivity contribution in [1.82, 2.24) is 9.62 Å². The summed E-state index contributed by atoms with van der Waals surface area (Å²) in [5.41, 5.74) is 0. The molecule has 0 amide bonds. The second-order valence-corrected chi connectivity index (χ2v) is 8.97. The molecule has 1 atom stereocenters. The van der Waals surface area contributed by atoms with Gasteiger partial charge in [-0.05, 0) is 38.3 Å². The molecular formula is C15H26N2O2S2. The van der Waals surface area contributed by atoms with E-state index in [2.05, 4.69) is 19.2 Å². The zero-order valence-corrected chi connectivity index (χ0v) is 14.8. The molecule has 1 aromatic rings. The molecule has 1 aromatic heterocycles. The lowest BCUT2D eigenvalue weighted by Crippen LogP contribution is -2.29. The summed E-state index contributed by atoms with van der Waals surface area (Å²) in [6, 6.07) is 1.85. The largest absolute Gasteiger partial charge is 0.312 e. The monoisotopic (exact) mass is 330 g/mol. The first-order chi connectivity index (χ1) is 9.98. The molecule has 2 rings (SSSR count). The van der Waals surface area contributed by atoms with Crippen LogP contribution in [0.25, 0.3) is 0 Å². The van der Waals surface area contributed by atoms with E-state index in [0.717, 1.165) is 42.1 Å². The summed E-state index contributed by atoms with van der Waals surface area (Å²) in [7, 11) is -3.31. The van der Waals surface area contributed by atoms with Crippen LogP contribution < -0.4 is 5.32 Å². The van der Waals surface area contributed by atoms with E-state index in [-0.39, 0.29) is 0 Å². The Labute approximate surface area is 132 Å². The van der Waals surface area contributed by atoms with Crippen molar-refractivity contribution in [2.45, 2.75) is 51.5 Å². The van der Waals surface area contributed by atoms with E-state index in [1.165, 1.54) is 0 Å². The van der Waals surface area contributed by atoms with Gasteiger partial charge in [-0.3, -0.25) is 0 Å². The average Bonchev–Trinajstić information content (AvgIpc) is 3.04. The Bertz CT molecular complexity index is 566. The molecule has 0 saturated carbocycles. The third-order valence-electron chi connectivity index (χ3n) is 4.04. The molecule has 1 saturated heterocycles. The van der Waals surface area contributed by atoms with Gasteiger partial charge in [-0.15, -0.1) is 11.3 Å². The highest BCUT2D eigenvalue weighted by Gasteiger charge is 2.33. The molecule has 0 aromatic carbocycles. The first-order valence-corrected chi connectivity index (χ1v) is 10.0. The van der Waals surface area contributed by atoms with Crippen molar-refractivity contribution < 1.29 is 8.42 Å². The van der Waals surface area contributed by atoms with Crippen LogP contribution in [0.5, 0.6) is 0 Å². The van der Waals surface area contributed by atoms with Crippen LogP contribution in [0.3, 0.4) is 0 Å². The second-order valence-electron chi connectivity index (χ2n) is 5.72. The third kappa shape index (κ3) is 3.86. The van der Waals surface area contributed by atoms with Crippen LogP contribution in [0.2, 0.25) is 0 Å². The molecule has 6 heteroatoms. The Balaban J connectivity index is 2.14. The molecule has 4 nitrogen and oxygen atoms in total. The van der Waals surface area contributed by atoms with Crippen molar-refractivity contribution >= 4 is 21.4 Å². The zero-order valence-electron chi connectivity index (χ0n) is 13.2. The SMILES string of the molecule is CCCC1CCN(S(=O)(=O)c2cc(CNCC)sc2C)C1. The Morgan fingerprint density at radius 3 is 2.86 bits per heavy atom. The van der Waals surface area contributed by atoms with Crippen LogP contribution >= 0.6 is 11.3 Å². The molecular weight excluding hydrogens is 304 g/mol. The second kappa shape index (κ2) is 7.22. The number of aryl methyl sites for hydroxylation is 1. The number of thiophene rings is 1. The van der Waals surface area contributed by atoms with Crippen molar-refractivity contribution in [3.05, 3.63) is 15.8 Å². The van der Waals surface area contributed by atoms with Crippen LogP contribution in [-0.4, -0.2) is 32.4 Å². The maximum absolute atomic E-state index is 12.8. The highest BCUT2D eigenvalue weighted by molar-refractivity contribution is 7.89. The van der Waals surface area contributed by atoms with E-state index in [0.29, 0.717) is 23.9 Å². The number of hydrogen-bond acceptors (Lipinski definition) is 4. The lowest BCUT2D eigenvalue weighted by molar-refractivity contribution is 0.444. The van der Waals surface area contributed by atoms with Crippen LogP contribution in [0.15, 0.2) is 11.0 Å². The Kier molecular flexibility index (Phi) is 5.82. The smallest absolute Gasteiger partial charge is 0.244 e. The van der Waals surface area contributed by atoms with Gasteiger partial charge in [0.05, 0.1) is 4.90 Å². The predicted octanol–water partition coefficient (Wildman–Crippen LogP) is 2.98. The fraction of sp³-hybridized carbons (Fsp3) is 0.733. The Hall–Kier alpha value is -0.430. The van der Waals surface area contributed by atoms with E-state index in [1.54, 1.807) is 15.6 Å². The van der Waals surface area contributed by atoms with Crippen LogP contribution in [0.1, 0.15) is 42.9 Å². The van der Waals surface area contributed by atoms with Crippen molar-refractivity contribution in [2.75, 3.05) is 19.6 Å². The molecule has 1 aliphatic rings. The number of nitrogens with zero attached hydrogens (tertiary/aromatic N) is 1. The number of rotatable bonds is 7. The normalized spacial score (nSPS) is 20.2. The van der Waals surface area contributed by atoms with Gasteiger partial charge in [0.2, 0.25) is 10.0 Å². The molecule has 1 unspecified atom stereocenters. The summed E-state index contributed by atoms with van der Waals surface area (Å²) in [4.78, 5) is 2.51. The molecule has 1 fully saturated rings. The predicted molar refractivity (Wildman–Crippen MR) is 88.2 cm³/mol. The van der Waals surface area contributed by atoms with Crippen molar-refractivity contribution in [3.8, 4) is 0 Å². The molecule has 0 aliphatic carbocycles. The minimum atomic E-state index is -3.31. The van der Waals surface area contributed by atoms with E-state index in [1.807, 2.05) is 13.0 Å². The van der Waals surface area contributed by atoms with Gasteiger partial charge >= 0.3 is 0 Å². The first kappa shape index (κ1) is 16.9. The van der Waals surface area contributed by atoms with Crippen molar-refractivity contribution in [2.24, 2.45) is 5.92 Å². The number of sulfonamides is 1. The van der Waals surface area contributed by atoms with Gasteiger partial charge in [0.25, 0.3) is 0 Å². The number of nitrogens with one attached hydrogen (secondary N) is 1. The summed E-state index contributed by atoms with van der Waals surface area (Å²) in [6.45, 7) is 9.12. The van der Waals surface area contributed by atoms with Crippen LogP contribution in [0.4, 0.5) is 0 Å². The van der Waals surface area contributed by atoms with Gasteiger partial charge in [-0.1, -0.05) is 20.3 Å². The van der Waals surface area contributed by atoms with Gasteiger partial charge in [-0.25, -0.2) is 8.42 Å².